The monoisotopic (exact) mass is 462 g/mol. The van der Waals surface area contributed by atoms with E-state index >= 15 is 0 Å². The molecule has 1 saturated heterocycles. The number of likely N-dealkylation sites (tertiary alicyclic amines) is 1. The van der Waals surface area contributed by atoms with Crippen molar-refractivity contribution >= 4 is 18.0 Å². The number of nitrogens with zero attached hydrogens (tertiary/aromatic N) is 1. The number of fused-ring (bicyclic) bond motifs is 4. The molecule has 178 valence electrons. The summed E-state index contributed by atoms with van der Waals surface area (Å²) in [6.07, 6.45) is -0.106. The van der Waals surface area contributed by atoms with Gasteiger partial charge in [-0.25, -0.2) is 4.79 Å². The van der Waals surface area contributed by atoms with Crippen molar-refractivity contribution < 1.29 is 24.2 Å². The Bertz CT molecular complexity index is 1070. The lowest BCUT2D eigenvalue weighted by atomic mass is 9.98. The number of hydrogen-bond acceptors (Lipinski definition) is 4. The van der Waals surface area contributed by atoms with E-state index < -0.39 is 18.1 Å². The number of ether oxygens (including phenoxy) is 1. The highest BCUT2D eigenvalue weighted by Gasteiger charge is 2.60. The summed E-state index contributed by atoms with van der Waals surface area (Å²) in [5.74, 6) is -1.03. The van der Waals surface area contributed by atoms with Gasteiger partial charge in [0.25, 0.3) is 0 Å². The van der Waals surface area contributed by atoms with E-state index in [0.29, 0.717) is 19.5 Å². The summed E-state index contributed by atoms with van der Waals surface area (Å²) >= 11 is 0. The molecule has 0 spiro atoms. The van der Waals surface area contributed by atoms with E-state index in [9.17, 15) is 19.5 Å². The average molecular weight is 463 g/mol. The van der Waals surface area contributed by atoms with Crippen molar-refractivity contribution in [2.75, 3.05) is 19.7 Å². The van der Waals surface area contributed by atoms with Crippen LogP contribution in [0, 0.1) is 23.7 Å². The summed E-state index contributed by atoms with van der Waals surface area (Å²) in [5.41, 5.74) is 4.59. The second-order valence-electron chi connectivity index (χ2n) is 10.1. The molecule has 0 aromatic heterocycles. The minimum atomic E-state index is -0.780. The van der Waals surface area contributed by atoms with Crippen molar-refractivity contribution in [1.29, 1.82) is 0 Å². The van der Waals surface area contributed by atoms with Crippen LogP contribution < -0.4 is 5.32 Å². The molecular weight excluding hydrogens is 432 g/mol. The number of carbonyl (C=O) groups excluding carboxylic acids is 2. The number of carboxylic acids is 1. The fraction of sp³-hybridized carbons (Fsp3) is 0.444. The average Bonchev–Trinajstić information content (AvgIpc) is 3.17. The third kappa shape index (κ3) is 4.04. The zero-order valence-electron chi connectivity index (χ0n) is 19.4. The molecule has 7 heteroatoms. The fourth-order valence-corrected chi connectivity index (χ4v) is 5.77. The van der Waals surface area contributed by atoms with E-state index in [1.165, 1.54) is 0 Å². The van der Waals surface area contributed by atoms with Crippen molar-refractivity contribution in [3.8, 4) is 11.1 Å². The molecule has 2 aromatic rings. The Hall–Kier alpha value is -3.35. The predicted octanol–water partition coefficient (Wildman–Crippen LogP) is 3.73. The quantitative estimate of drug-likeness (QED) is 0.654. The number of amides is 2. The van der Waals surface area contributed by atoms with E-state index in [1.54, 1.807) is 4.90 Å². The minimum absolute atomic E-state index is 0.0376. The van der Waals surface area contributed by atoms with Crippen molar-refractivity contribution in [3.63, 3.8) is 0 Å². The van der Waals surface area contributed by atoms with Gasteiger partial charge < -0.3 is 20.1 Å². The largest absolute Gasteiger partial charge is 0.481 e. The third-order valence-electron chi connectivity index (χ3n) is 7.43. The zero-order valence-corrected chi connectivity index (χ0v) is 19.4. The summed E-state index contributed by atoms with van der Waals surface area (Å²) in [5, 5.41) is 12.0. The van der Waals surface area contributed by atoms with Gasteiger partial charge >= 0.3 is 12.1 Å². The number of carboxylic acid groups (broad SMARTS) is 1. The zero-order chi connectivity index (χ0) is 24.0. The first-order valence-electron chi connectivity index (χ1n) is 12.0. The second-order valence-corrected chi connectivity index (χ2v) is 10.1. The highest BCUT2D eigenvalue weighted by Crippen LogP contribution is 2.52. The summed E-state index contributed by atoms with van der Waals surface area (Å²) in [7, 11) is 0. The molecular formula is C27H30N2O5. The highest BCUT2D eigenvalue weighted by atomic mass is 16.5. The number of piperidine rings is 1. The van der Waals surface area contributed by atoms with Gasteiger partial charge in [-0.05, 0) is 46.4 Å². The standard InChI is InChI=1S/C27H30N2O5/c1-15(2)11-23(25(30)29-12-20-21(13-29)24(20)26(31)32)28-27(33)34-14-22-18-9-5-3-7-16(18)17-8-4-6-10-19(17)22/h3-10,15,20-24H,11-14H2,1-2H3,(H,28,33)(H,31,32)/t20-,21+,23-,24?/m1/s1. The number of carbonyl (C=O) groups is 3. The van der Waals surface area contributed by atoms with E-state index in [-0.39, 0.29) is 42.1 Å². The number of aliphatic carboxylic acids is 1. The lowest BCUT2D eigenvalue weighted by Crippen LogP contribution is -2.49. The van der Waals surface area contributed by atoms with E-state index in [2.05, 4.69) is 29.6 Å². The Morgan fingerprint density at radius 2 is 1.56 bits per heavy atom. The first-order chi connectivity index (χ1) is 16.3. The fourth-order valence-electron chi connectivity index (χ4n) is 5.77. The lowest BCUT2D eigenvalue weighted by Gasteiger charge is -2.27. The van der Waals surface area contributed by atoms with Crippen LogP contribution >= 0.6 is 0 Å². The summed E-state index contributed by atoms with van der Waals surface area (Å²) in [4.78, 5) is 38.9. The number of alkyl carbamates (subject to hydrolysis) is 1. The summed E-state index contributed by atoms with van der Waals surface area (Å²) < 4.78 is 5.64. The Balaban J connectivity index is 1.22. The molecule has 7 nitrogen and oxygen atoms in total. The molecule has 2 fully saturated rings. The third-order valence-corrected chi connectivity index (χ3v) is 7.43. The first kappa shape index (κ1) is 22.4. The number of nitrogens with one attached hydrogen (secondary N) is 1. The second kappa shape index (κ2) is 8.78. The van der Waals surface area contributed by atoms with Gasteiger partial charge in [0.2, 0.25) is 5.91 Å². The van der Waals surface area contributed by atoms with Gasteiger partial charge in [0.1, 0.15) is 12.6 Å². The van der Waals surface area contributed by atoms with Crippen LogP contribution in [0.1, 0.15) is 37.3 Å². The van der Waals surface area contributed by atoms with Crippen LogP contribution in [0.15, 0.2) is 48.5 Å². The van der Waals surface area contributed by atoms with Crippen LogP contribution in [0.5, 0.6) is 0 Å². The van der Waals surface area contributed by atoms with Gasteiger partial charge in [0.15, 0.2) is 0 Å². The van der Waals surface area contributed by atoms with Crippen molar-refractivity contribution in [1.82, 2.24) is 10.2 Å². The Kier molecular flexibility index (Phi) is 5.80. The maximum atomic E-state index is 13.2. The Labute approximate surface area is 199 Å². The van der Waals surface area contributed by atoms with Crippen LogP contribution in [0.4, 0.5) is 4.79 Å². The topological polar surface area (TPSA) is 95.9 Å². The normalized spacial score (nSPS) is 23.1. The van der Waals surface area contributed by atoms with Gasteiger partial charge in [-0.1, -0.05) is 62.4 Å². The van der Waals surface area contributed by atoms with Crippen molar-refractivity contribution in [3.05, 3.63) is 59.7 Å². The van der Waals surface area contributed by atoms with E-state index in [1.807, 2.05) is 38.1 Å². The van der Waals surface area contributed by atoms with Crippen LogP contribution in [0.3, 0.4) is 0 Å². The molecule has 34 heavy (non-hydrogen) atoms. The van der Waals surface area contributed by atoms with Crippen LogP contribution in [-0.4, -0.2) is 53.7 Å². The molecule has 2 aromatic carbocycles. The molecule has 0 bridgehead atoms. The number of benzene rings is 2. The highest BCUT2D eigenvalue weighted by molar-refractivity contribution is 5.87. The number of hydrogen-bond donors (Lipinski definition) is 2. The van der Waals surface area contributed by atoms with Crippen LogP contribution in [0.25, 0.3) is 11.1 Å². The van der Waals surface area contributed by atoms with Crippen molar-refractivity contribution in [2.24, 2.45) is 23.7 Å². The molecule has 0 radical (unpaired) electrons. The maximum absolute atomic E-state index is 13.2. The molecule has 5 rings (SSSR count). The summed E-state index contributed by atoms with van der Waals surface area (Å²) in [6.45, 7) is 5.09. The maximum Gasteiger partial charge on any atom is 0.407 e. The smallest absolute Gasteiger partial charge is 0.407 e. The predicted molar refractivity (Wildman–Crippen MR) is 126 cm³/mol. The minimum Gasteiger partial charge on any atom is -0.481 e. The number of rotatable bonds is 7. The Morgan fingerprint density at radius 1 is 1.00 bits per heavy atom. The van der Waals surface area contributed by atoms with Crippen molar-refractivity contribution in [2.45, 2.75) is 32.2 Å². The van der Waals surface area contributed by atoms with Gasteiger partial charge in [-0.3, -0.25) is 9.59 Å². The Morgan fingerprint density at radius 3 is 2.09 bits per heavy atom. The first-order valence-corrected chi connectivity index (χ1v) is 12.0. The lowest BCUT2D eigenvalue weighted by molar-refractivity contribution is -0.141. The van der Waals surface area contributed by atoms with E-state index in [4.69, 9.17) is 4.74 Å². The molecule has 1 aliphatic heterocycles. The van der Waals surface area contributed by atoms with Gasteiger partial charge in [-0.15, -0.1) is 0 Å². The summed E-state index contributed by atoms with van der Waals surface area (Å²) in [6, 6.07) is 15.6. The molecule has 2 amide bonds. The van der Waals surface area contributed by atoms with Gasteiger partial charge in [0, 0.05) is 19.0 Å². The molecule has 1 saturated carbocycles. The van der Waals surface area contributed by atoms with Gasteiger partial charge in [0.05, 0.1) is 5.92 Å². The van der Waals surface area contributed by atoms with Crippen LogP contribution in [0.2, 0.25) is 0 Å². The molecule has 2 N–H and O–H groups in total. The SMILES string of the molecule is CC(C)C[C@@H](NC(=O)OCC1c2ccccc2-c2ccccc21)C(=O)N1C[C@@H]2C(C(=O)O)[C@@H]2C1. The molecule has 1 unspecified atom stereocenters. The molecule has 2 aliphatic carbocycles. The molecule has 4 atom stereocenters. The van der Waals surface area contributed by atoms with Crippen LogP contribution in [-0.2, 0) is 14.3 Å². The molecule has 1 heterocycles. The van der Waals surface area contributed by atoms with Gasteiger partial charge in [-0.2, -0.15) is 0 Å². The van der Waals surface area contributed by atoms with E-state index in [0.717, 1.165) is 22.3 Å². The molecule has 3 aliphatic rings.